The molecule has 0 spiro atoms. The SMILES string of the molecule is CCN(CC)S(=O)(=O)c1ccc(NC(=O)CCn2c(=O)oc3cc(Cl)ccc32)cc1. The summed E-state index contributed by atoms with van der Waals surface area (Å²) < 4.78 is 32.9. The van der Waals surface area contributed by atoms with Gasteiger partial charge in [-0.1, -0.05) is 25.4 Å². The Kier molecular flexibility index (Phi) is 6.64. The first-order chi connectivity index (χ1) is 14.3. The molecule has 0 bridgehead atoms. The van der Waals surface area contributed by atoms with Crippen LogP contribution in [0.1, 0.15) is 20.3 Å². The van der Waals surface area contributed by atoms with Crippen LogP contribution in [0.3, 0.4) is 0 Å². The summed E-state index contributed by atoms with van der Waals surface area (Å²) in [6.07, 6.45) is 0.0384. The van der Waals surface area contributed by atoms with E-state index in [0.717, 1.165) is 0 Å². The summed E-state index contributed by atoms with van der Waals surface area (Å²) in [4.78, 5) is 24.5. The number of amides is 1. The molecule has 0 saturated carbocycles. The molecular formula is C20H22ClN3O5S. The maximum absolute atomic E-state index is 12.5. The van der Waals surface area contributed by atoms with Gasteiger partial charge in [-0.15, -0.1) is 0 Å². The summed E-state index contributed by atoms with van der Waals surface area (Å²) in [5.41, 5.74) is 1.38. The van der Waals surface area contributed by atoms with Gasteiger partial charge in [-0.2, -0.15) is 4.31 Å². The minimum atomic E-state index is -3.55. The van der Waals surface area contributed by atoms with Gasteiger partial charge in [-0.05, 0) is 36.4 Å². The van der Waals surface area contributed by atoms with Gasteiger partial charge in [-0.3, -0.25) is 9.36 Å². The molecule has 30 heavy (non-hydrogen) atoms. The van der Waals surface area contributed by atoms with E-state index in [4.69, 9.17) is 16.0 Å². The van der Waals surface area contributed by atoms with E-state index in [0.29, 0.717) is 34.9 Å². The number of nitrogens with zero attached hydrogens (tertiary/aromatic N) is 2. The molecule has 1 amide bonds. The highest BCUT2D eigenvalue weighted by molar-refractivity contribution is 7.89. The number of halogens is 1. The molecule has 1 heterocycles. The van der Waals surface area contributed by atoms with Crippen LogP contribution in [0, 0.1) is 0 Å². The molecule has 160 valence electrons. The Morgan fingerprint density at radius 2 is 1.80 bits per heavy atom. The van der Waals surface area contributed by atoms with Gasteiger partial charge in [0.05, 0.1) is 10.4 Å². The minimum absolute atomic E-state index is 0.0384. The Labute approximate surface area is 179 Å². The van der Waals surface area contributed by atoms with E-state index in [1.807, 2.05) is 0 Å². The molecule has 8 nitrogen and oxygen atoms in total. The summed E-state index contributed by atoms with van der Waals surface area (Å²) >= 11 is 5.90. The molecule has 1 aromatic heterocycles. The third-order valence-electron chi connectivity index (χ3n) is 4.67. The Bertz CT molecular complexity index is 1210. The highest BCUT2D eigenvalue weighted by atomic mass is 35.5. The number of aromatic nitrogens is 1. The fourth-order valence-electron chi connectivity index (χ4n) is 3.11. The zero-order valence-corrected chi connectivity index (χ0v) is 18.2. The van der Waals surface area contributed by atoms with Crippen molar-refractivity contribution < 1.29 is 17.6 Å². The Balaban J connectivity index is 1.66. The van der Waals surface area contributed by atoms with Crippen molar-refractivity contribution in [1.82, 2.24) is 8.87 Å². The third-order valence-corrected chi connectivity index (χ3v) is 6.97. The number of carbonyl (C=O) groups is 1. The molecular weight excluding hydrogens is 430 g/mol. The van der Waals surface area contributed by atoms with E-state index in [1.54, 1.807) is 32.0 Å². The predicted molar refractivity (Wildman–Crippen MR) is 115 cm³/mol. The summed E-state index contributed by atoms with van der Waals surface area (Å²) in [6, 6.07) is 10.8. The molecule has 0 aliphatic heterocycles. The van der Waals surface area contributed by atoms with Crippen molar-refractivity contribution in [1.29, 1.82) is 0 Å². The van der Waals surface area contributed by atoms with Gasteiger partial charge in [0.15, 0.2) is 5.58 Å². The molecule has 0 radical (unpaired) electrons. The molecule has 10 heteroatoms. The lowest BCUT2D eigenvalue weighted by Crippen LogP contribution is -2.30. The molecule has 2 aromatic carbocycles. The second kappa shape index (κ2) is 9.03. The van der Waals surface area contributed by atoms with Crippen LogP contribution in [0.25, 0.3) is 11.1 Å². The molecule has 0 saturated heterocycles. The molecule has 0 atom stereocenters. The summed E-state index contributed by atoms with van der Waals surface area (Å²) in [6.45, 7) is 4.45. The second-order valence-corrected chi connectivity index (χ2v) is 8.92. The van der Waals surface area contributed by atoms with Gasteiger partial charge >= 0.3 is 5.76 Å². The van der Waals surface area contributed by atoms with Crippen LogP contribution in [0.15, 0.2) is 56.6 Å². The zero-order chi connectivity index (χ0) is 21.9. The van der Waals surface area contributed by atoms with Gasteiger partial charge in [-0.25, -0.2) is 13.2 Å². The van der Waals surface area contributed by atoms with E-state index in [2.05, 4.69) is 5.32 Å². The molecule has 3 aromatic rings. The van der Waals surface area contributed by atoms with Gasteiger partial charge in [0.25, 0.3) is 0 Å². The van der Waals surface area contributed by atoms with Gasteiger partial charge in [0, 0.05) is 42.8 Å². The minimum Gasteiger partial charge on any atom is -0.408 e. The number of sulfonamides is 1. The first-order valence-corrected chi connectivity index (χ1v) is 11.3. The normalized spacial score (nSPS) is 11.9. The third kappa shape index (κ3) is 4.58. The largest absolute Gasteiger partial charge is 0.419 e. The molecule has 0 aliphatic carbocycles. The van der Waals surface area contributed by atoms with Crippen LogP contribution in [0.2, 0.25) is 5.02 Å². The van der Waals surface area contributed by atoms with Crippen molar-refractivity contribution in [3.8, 4) is 0 Å². The average Bonchev–Trinajstić information content (AvgIpc) is 3.01. The predicted octanol–water partition coefficient (Wildman–Crippen LogP) is 3.31. The van der Waals surface area contributed by atoms with Crippen molar-refractivity contribution >= 4 is 44.3 Å². The number of rotatable bonds is 8. The van der Waals surface area contributed by atoms with Crippen molar-refractivity contribution in [2.75, 3.05) is 18.4 Å². The zero-order valence-electron chi connectivity index (χ0n) is 16.6. The Morgan fingerprint density at radius 3 is 2.43 bits per heavy atom. The van der Waals surface area contributed by atoms with Crippen LogP contribution >= 0.6 is 11.6 Å². The number of benzene rings is 2. The fourth-order valence-corrected chi connectivity index (χ4v) is 4.73. The topological polar surface area (TPSA) is 102 Å². The van der Waals surface area contributed by atoms with E-state index in [1.165, 1.54) is 33.1 Å². The monoisotopic (exact) mass is 451 g/mol. The number of fused-ring (bicyclic) bond motifs is 1. The number of aryl methyl sites for hydroxylation is 1. The van der Waals surface area contributed by atoms with Crippen LogP contribution in [-0.4, -0.2) is 36.3 Å². The fraction of sp³-hybridized carbons (Fsp3) is 0.300. The lowest BCUT2D eigenvalue weighted by Gasteiger charge is -2.18. The Morgan fingerprint density at radius 1 is 1.13 bits per heavy atom. The molecule has 0 aliphatic rings. The van der Waals surface area contributed by atoms with Crippen LogP contribution < -0.4 is 11.1 Å². The van der Waals surface area contributed by atoms with E-state index >= 15 is 0 Å². The molecule has 0 unspecified atom stereocenters. The van der Waals surface area contributed by atoms with Crippen LogP contribution in [0.4, 0.5) is 5.69 Å². The summed E-state index contributed by atoms with van der Waals surface area (Å²) in [5.74, 6) is -0.879. The summed E-state index contributed by atoms with van der Waals surface area (Å²) in [5, 5.41) is 3.15. The van der Waals surface area contributed by atoms with Gasteiger partial charge in [0.2, 0.25) is 15.9 Å². The first kappa shape index (κ1) is 22.1. The smallest absolute Gasteiger partial charge is 0.408 e. The summed E-state index contributed by atoms with van der Waals surface area (Å²) in [7, 11) is -3.55. The number of oxazole rings is 1. The lowest BCUT2D eigenvalue weighted by atomic mass is 10.3. The van der Waals surface area contributed by atoms with E-state index < -0.39 is 15.8 Å². The first-order valence-electron chi connectivity index (χ1n) is 9.45. The van der Waals surface area contributed by atoms with Crippen molar-refractivity contribution in [3.63, 3.8) is 0 Å². The number of anilines is 1. The van der Waals surface area contributed by atoms with Gasteiger partial charge in [0.1, 0.15) is 0 Å². The number of nitrogens with one attached hydrogen (secondary N) is 1. The maximum atomic E-state index is 12.5. The highest BCUT2D eigenvalue weighted by Crippen LogP contribution is 2.20. The quantitative estimate of drug-likeness (QED) is 0.566. The van der Waals surface area contributed by atoms with Crippen LogP contribution in [-0.2, 0) is 21.4 Å². The highest BCUT2D eigenvalue weighted by Gasteiger charge is 2.21. The van der Waals surface area contributed by atoms with Crippen molar-refractivity contribution in [2.24, 2.45) is 0 Å². The van der Waals surface area contributed by atoms with Crippen molar-refractivity contribution in [3.05, 3.63) is 58.0 Å². The van der Waals surface area contributed by atoms with Crippen molar-refractivity contribution in [2.45, 2.75) is 31.7 Å². The van der Waals surface area contributed by atoms with Gasteiger partial charge < -0.3 is 9.73 Å². The second-order valence-electron chi connectivity index (χ2n) is 6.54. The number of carbonyl (C=O) groups excluding carboxylic acids is 1. The van der Waals surface area contributed by atoms with E-state index in [9.17, 15) is 18.0 Å². The standard InChI is InChI=1S/C20H22ClN3O5S/c1-3-23(4-2)30(27,28)16-8-6-15(7-9-16)22-19(25)11-12-24-17-10-5-14(21)13-18(17)29-20(24)26/h5-10,13H,3-4,11-12H2,1-2H3,(H,22,25). The average molecular weight is 452 g/mol. The van der Waals surface area contributed by atoms with Crippen LogP contribution in [0.5, 0.6) is 0 Å². The number of hydrogen-bond donors (Lipinski definition) is 1. The maximum Gasteiger partial charge on any atom is 0.419 e. The molecule has 1 N–H and O–H groups in total. The molecule has 3 rings (SSSR count). The number of hydrogen-bond acceptors (Lipinski definition) is 5. The van der Waals surface area contributed by atoms with E-state index in [-0.39, 0.29) is 23.8 Å². The molecule has 0 fully saturated rings. The Hall–Kier alpha value is -2.62. The lowest BCUT2D eigenvalue weighted by molar-refractivity contribution is -0.116.